The fourth-order valence-corrected chi connectivity index (χ4v) is 2.32. The van der Waals surface area contributed by atoms with E-state index < -0.39 is 0 Å². The van der Waals surface area contributed by atoms with Crippen molar-refractivity contribution in [3.05, 3.63) is 29.8 Å². The Labute approximate surface area is 103 Å². The number of hydrogen-bond acceptors (Lipinski definition) is 3. The second-order valence-electron chi connectivity index (χ2n) is 4.80. The third-order valence-corrected chi connectivity index (χ3v) is 3.26. The molecule has 1 rings (SSSR count). The van der Waals surface area contributed by atoms with Crippen molar-refractivity contribution in [3.63, 3.8) is 0 Å². The second kappa shape index (κ2) is 5.71. The van der Waals surface area contributed by atoms with Crippen molar-refractivity contribution in [1.29, 1.82) is 0 Å². The summed E-state index contributed by atoms with van der Waals surface area (Å²) in [6, 6.07) is 8.50. The van der Waals surface area contributed by atoms with Gasteiger partial charge in [-0.1, -0.05) is 19.1 Å². The van der Waals surface area contributed by atoms with Crippen molar-refractivity contribution in [3.8, 4) is 0 Å². The zero-order valence-corrected chi connectivity index (χ0v) is 11.2. The summed E-state index contributed by atoms with van der Waals surface area (Å²) in [7, 11) is 0. The summed E-state index contributed by atoms with van der Waals surface area (Å²) in [5.74, 6) is 1.10. The van der Waals surface area contributed by atoms with Crippen LogP contribution in [0.3, 0.4) is 0 Å². The highest BCUT2D eigenvalue weighted by atomic mass is 32.2. The smallest absolute Gasteiger partial charge is 0.0312 e. The molecule has 0 aromatic heterocycles. The van der Waals surface area contributed by atoms with Crippen LogP contribution in [-0.2, 0) is 0 Å². The minimum atomic E-state index is -0.212. The van der Waals surface area contributed by atoms with E-state index in [0.717, 1.165) is 12.2 Å². The Bertz CT molecular complexity index is 314. The monoisotopic (exact) mass is 238 g/mol. The Balaban J connectivity index is 2.66. The summed E-state index contributed by atoms with van der Waals surface area (Å²) in [5.41, 5.74) is 13.0. The van der Waals surface area contributed by atoms with Gasteiger partial charge in [0.15, 0.2) is 0 Å². The van der Waals surface area contributed by atoms with Crippen molar-refractivity contribution in [2.45, 2.75) is 43.7 Å². The molecule has 0 radical (unpaired) electrons. The molecule has 0 aliphatic rings. The molecule has 3 heteroatoms. The summed E-state index contributed by atoms with van der Waals surface area (Å²) in [4.78, 5) is 1.30. The van der Waals surface area contributed by atoms with Gasteiger partial charge in [0, 0.05) is 16.5 Å². The Morgan fingerprint density at radius 1 is 1.25 bits per heavy atom. The van der Waals surface area contributed by atoms with Gasteiger partial charge in [-0.25, -0.2) is 0 Å². The lowest BCUT2D eigenvalue weighted by atomic mass is 9.93. The van der Waals surface area contributed by atoms with Crippen LogP contribution in [0.4, 0.5) is 0 Å². The van der Waals surface area contributed by atoms with Crippen molar-refractivity contribution in [2.24, 2.45) is 11.5 Å². The molecule has 2 nitrogen and oxygen atoms in total. The van der Waals surface area contributed by atoms with Gasteiger partial charge in [-0.3, -0.25) is 0 Å². The predicted octanol–water partition coefficient (Wildman–Crippen LogP) is 2.93. The zero-order chi connectivity index (χ0) is 12.2. The van der Waals surface area contributed by atoms with Crippen LogP contribution in [-0.4, -0.2) is 11.3 Å². The Hall–Kier alpha value is -0.510. The van der Waals surface area contributed by atoms with Crippen molar-refractivity contribution in [1.82, 2.24) is 0 Å². The summed E-state index contributed by atoms with van der Waals surface area (Å²) < 4.78 is 0. The molecular formula is C13H22N2S. The highest BCUT2D eigenvalue weighted by molar-refractivity contribution is 7.99. The first-order valence-corrected chi connectivity index (χ1v) is 6.68. The molecule has 90 valence electrons. The van der Waals surface area contributed by atoms with Crippen molar-refractivity contribution in [2.75, 3.05) is 5.75 Å². The lowest BCUT2D eigenvalue weighted by Crippen LogP contribution is -2.35. The zero-order valence-electron chi connectivity index (χ0n) is 10.4. The summed E-state index contributed by atoms with van der Waals surface area (Å²) >= 11 is 1.84. The van der Waals surface area contributed by atoms with Gasteiger partial charge in [-0.2, -0.15) is 0 Å². The van der Waals surface area contributed by atoms with Crippen molar-refractivity contribution < 1.29 is 0 Å². The number of nitrogens with two attached hydrogens (primary N) is 2. The molecule has 1 unspecified atom stereocenters. The van der Waals surface area contributed by atoms with Crippen LogP contribution < -0.4 is 11.5 Å². The van der Waals surface area contributed by atoms with E-state index in [1.165, 1.54) is 10.5 Å². The third kappa shape index (κ3) is 4.56. The van der Waals surface area contributed by atoms with Gasteiger partial charge in [-0.05, 0) is 43.7 Å². The third-order valence-electron chi connectivity index (χ3n) is 2.37. The first kappa shape index (κ1) is 13.6. The number of rotatable bonds is 5. The molecule has 0 aliphatic carbocycles. The van der Waals surface area contributed by atoms with Crippen LogP contribution in [0.25, 0.3) is 0 Å². The average molecular weight is 238 g/mol. The van der Waals surface area contributed by atoms with Crippen LogP contribution in [0.1, 0.15) is 38.8 Å². The number of benzene rings is 1. The minimum absolute atomic E-state index is 0.0284. The summed E-state index contributed by atoms with van der Waals surface area (Å²) in [6.45, 7) is 6.17. The molecule has 1 aromatic rings. The van der Waals surface area contributed by atoms with E-state index in [2.05, 4.69) is 31.2 Å². The Morgan fingerprint density at radius 2 is 1.81 bits per heavy atom. The fourth-order valence-electron chi connectivity index (χ4n) is 1.66. The number of thioether (sulfide) groups is 1. The van der Waals surface area contributed by atoms with Gasteiger partial charge in [0.1, 0.15) is 0 Å². The summed E-state index contributed by atoms with van der Waals surface area (Å²) in [6.07, 6.45) is 0.799. The van der Waals surface area contributed by atoms with Crippen LogP contribution >= 0.6 is 11.8 Å². The largest absolute Gasteiger partial charge is 0.325 e. The SMILES string of the molecule is CCSc1ccc(C(N)CC(C)(C)N)cc1. The second-order valence-corrected chi connectivity index (χ2v) is 6.14. The van der Waals surface area contributed by atoms with Gasteiger partial charge < -0.3 is 11.5 Å². The highest BCUT2D eigenvalue weighted by Gasteiger charge is 2.17. The maximum Gasteiger partial charge on any atom is 0.0312 e. The molecule has 0 aliphatic heterocycles. The lowest BCUT2D eigenvalue weighted by molar-refractivity contribution is 0.429. The lowest BCUT2D eigenvalue weighted by Gasteiger charge is -2.23. The van der Waals surface area contributed by atoms with E-state index in [1.807, 2.05) is 25.6 Å². The van der Waals surface area contributed by atoms with Crippen molar-refractivity contribution >= 4 is 11.8 Å². The van der Waals surface area contributed by atoms with E-state index in [4.69, 9.17) is 11.5 Å². The first-order valence-electron chi connectivity index (χ1n) is 5.69. The van der Waals surface area contributed by atoms with Gasteiger partial charge >= 0.3 is 0 Å². The maximum atomic E-state index is 6.12. The van der Waals surface area contributed by atoms with Gasteiger partial charge in [0.2, 0.25) is 0 Å². The maximum absolute atomic E-state index is 6.12. The van der Waals surface area contributed by atoms with Gasteiger partial charge in [-0.15, -0.1) is 11.8 Å². The Kier molecular flexibility index (Phi) is 4.84. The van der Waals surface area contributed by atoms with Gasteiger partial charge in [0.25, 0.3) is 0 Å². The van der Waals surface area contributed by atoms with E-state index in [-0.39, 0.29) is 11.6 Å². The molecule has 0 amide bonds. The van der Waals surface area contributed by atoms with E-state index in [1.54, 1.807) is 0 Å². The topological polar surface area (TPSA) is 52.0 Å². The standard InChI is InChI=1S/C13H22N2S/c1-4-16-11-7-5-10(6-8-11)12(14)9-13(2,3)15/h5-8,12H,4,9,14-15H2,1-3H3. The molecular weight excluding hydrogens is 216 g/mol. The van der Waals surface area contributed by atoms with Gasteiger partial charge in [0.05, 0.1) is 0 Å². The van der Waals surface area contributed by atoms with Crippen LogP contribution in [0.15, 0.2) is 29.2 Å². The molecule has 0 fully saturated rings. The average Bonchev–Trinajstić information content (AvgIpc) is 2.16. The molecule has 1 atom stereocenters. The van der Waals surface area contributed by atoms with Crippen LogP contribution in [0.5, 0.6) is 0 Å². The van der Waals surface area contributed by atoms with Crippen LogP contribution in [0.2, 0.25) is 0 Å². The molecule has 4 N–H and O–H groups in total. The summed E-state index contributed by atoms with van der Waals surface area (Å²) in [5, 5.41) is 0. The molecule has 0 spiro atoms. The minimum Gasteiger partial charge on any atom is -0.325 e. The molecule has 0 saturated heterocycles. The predicted molar refractivity (Wildman–Crippen MR) is 72.7 cm³/mol. The molecule has 1 aromatic carbocycles. The molecule has 16 heavy (non-hydrogen) atoms. The molecule has 0 bridgehead atoms. The number of hydrogen-bond donors (Lipinski definition) is 2. The van der Waals surface area contributed by atoms with Crippen LogP contribution in [0, 0.1) is 0 Å². The normalized spacial score (nSPS) is 13.8. The fraction of sp³-hybridized carbons (Fsp3) is 0.538. The molecule has 0 heterocycles. The highest BCUT2D eigenvalue weighted by Crippen LogP contribution is 2.23. The quantitative estimate of drug-likeness (QED) is 0.775. The van der Waals surface area contributed by atoms with E-state index in [0.29, 0.717) is 0 Å². The first-order chi connectivity index (χ1) is 7.42. The molecule has 0 saturated carbocycles. The van der Waals surface area contributed by atoms with E-state index >= 15 is 0 Å². The van der Waals surface area contributed by atoms with E-state index in [9.17, 15) is 0 Å². The Morgan fingerprint density at radius 3 is 2.25 bits per heavy atom.